The van der Waals surface area contributed by atoms with Crippen LogP contribution in [0.2, 0.25) is 0 Å². The van der Waals surface area contributed by atoms with Gasteiger partial charge in [-0.2, -0.15) is 0 Å². The number of likely N-dealkylation sites (tertiary alicyclic amines) is 1. The first-order valence-electron chi connectivity index (χ1n) is 8.79. The number of hydrogen-bond acceptors (Lipinski definition) is 5. The molecule has 1 aromatic rings. The summed E-state index contributed by atoms with van der Waals surface area (Å²) in [5.74, 6) is 0.527. The van der Waals surface area contributed by atoms with Crippen molar-refractivity contribution in [1.82, 2.24) is 20.5 Å². The summed E-state index contributed by atoms with van der Waals surface area (Å²) in [5, 5.41) is 7.21. The van der Waals surface area contributed by atoms with E-state index in [1.807, 2.05) is 18.7 Å². The summed E-state index contributed by atoms with van der Waals surface area (Å²) in [5.41, 5.74) is 0.824. The molecule has 3 heterocycles. The Morgan fingerprint density at radius 1 is 1.33 bits per heavy atom. The molecule has 6 nitrogen and oxygen atoms in total. The summed E-state index contributed by atoms with van der Waals surface area (Å²) in [6.45, 7) is 6.92. The molecule has 2 N–H and O–H groups in total. The lowest BCUT2D eigenvalue weighted by molar-refractivity contribution is -0.123. The van der Waals surface area contributed by atoms with E-state index in [1.165, 1.54) is 11.3 Å². The molecule has 0 radical (unpaired) electrons. The fourth-order valence-corrected chi connectivity index (χ4v) is 4.45. The third-order valence-electron chi connectivity index (χ3n) is 4.85. The first kappa shape index (κ1) is 17.4. The molecule has 2 amide bonds. The van der Waals surface area contributed by atoms with Crippen molar-refractivity contribution in [2.24, 2.45) is 5.92 Å². The van der Waals surface area contributed by atoms with Gasteiger partial charge in [0.25, 0.3) is 5.91 Å². The highest BCUT2D eigenvalue weighted by molar-refractivity contribution is 7.13. The third kappa shape index (κ3) is 3.95. The molecule has 0 bridgehead atoms. The number of rotatable bonds is 4. The number of thiazole rings is 1. The van der Waals surface area contributed by atoms with Crippen LogP contribution in [0.5, 0.6) is 0 Å². The van der Waals surface area contributed by atoms with Gasteiger partial charge in [0.2, 0.25) is 5.91 Å². The van der Waals surface area contributed by atoms with Crippen molar-refractivity contribution in [3.63, 3.8) is 0 Å². The maximum absolute atomic E-state index is 12.7. The number of amides is 2. The number of nitrogens with one attached hydrogen (secondary N) is 2. The largest absolute Gasteiger partial charge is 0.354 e. The normalized spacial score (nSPS) is 24.2. The molecule has 2 aliphatic heterocycles. The maximum atomic E-state index is 12.7. The minimum atomic E-state index is -0.0332. The first-order chi connectivity index (χ1) is 11.5. The van der Waals surface area contributed by atoms with Gasteiger partial charge in [0.1, 0.15) is 4.88 Å². The number of carbonyl (C=O) groups excluding carboxylic acids is 2. The smallest absolute Gasteiger partial charge is 0.265 e. The van der Waals surface area contributed by atoms with E-state index >= 15 is 0 Å². The molecule has 2 atom stereocenters. The van der Waals surface area contributed by atoms with Crippen LogP contribution in [-0.2, 0) is 4.79 Å². The van der Waals surface area contributed by atoms with Crippen LogP contribution in [0.3, 0.4) is 0 Å². The SMILES string of the molecule is Cc1nc(C)c(C(=O)N2CCCC(CNC(=O)C3CCCN3)C2)s1. The lowest BCUT2D eigenvalue weighted by atomic mass is 9.97. The summed E-state index contributed by atoms with van der Waals surface area (Å²) in [7, 11) is 0. The fraction of sp³-hybridized carbons (Fsp3) is 0.706. The molecule has 24 heavy (non-hydrogen) atoms. The van der Waals surface area contributed by atoms with Crippen molar-refractivity contribution in [2.45, 2.75) is 45.6 Å². The number of nitrogens with zero attached hydrogens (tertiary/aromatic N) is 2. The van der Waals surface area contributed by atoms with Crippen molar-refractivity contribution in [3.05, 3.63) is 15.6 Å². The summed E-state index contributed by atoms with van der Waals surface area (Å²) < 4.78 is 0. The second-order valence-electron chi connectivity index (χ2n) is 6.80. The van der Waals surface area contributed by atoms with Crippen molar-refractivity contribution < 1.29 is 9.59 Å². The topological polar surface area (TPSA) is 74.3 Å². The molecule has 2 unspecified atom stereocenters. The van der Waals surface area contributed by atoms with Gasteiger partial charge in [-0.15, -0.1) is 11.3 Å². The van der Waals surface area contributed by atoms with Crippen LogP contribution in [-0.4, -0.2) is 53.9 Å². The minimum absolute atomic E-state index is 0.0332. The van der Waals surface area contributed by atoms with Gasteiger partial charge < -0.3 is 15.5 Å². The number of carbonyl (C=O) groups is 2. The Hall–Kier alpha value is -1.47. The Balaban J connectivity index is 1.53. The van der Waals surface area contributed by atoms with E-state index in [-0.39, 0.29) is 17.9 Å². The standard InChI is InChI=1S/C17H26N4O2S/c1-11-15(24-12(2)20-11)17(23)21-8-4-5-13(10-21)9-19-16(22)14-6-3-7-18-14/h13-14,18H,3-10H2,1-2H3,(H,19,22). The molecule has 2 saturated heterocycles. The van der Waals surface area contributed by atoms with E-state index in [2.05, 4.69) is 15.6 Å². The van der Waals surface area contributed by atoms with Crippen molar-refractivity contribution in [2.75, 3.05) is 26.2 Å². The summed E-state index contributed by atoms with van der Waals surface area (Å²) in [6.07, 6.45) is 4.04. The Bertz CT molecular complexity index is 610. The Kier molecular flexibility index (Phi) is 5.50. The molecule has 0 saturated carbocycles. The second-order valence-corrected chi connectivity index (χ2v) is 8.00. The molecule has 7 heteroatoms. The molecule has 0 spiro atoms. The van der Waals surface area contributed by atoms with Crippen LogP contribution in [0.4, 0.5) is 0 Å². The average molecular weight is 350 g/mol. The molecule has 3 rings (SSSR count). The van der Waals surface area contributed by atoms with E-state index in [0.29, 0.717) is 19.0 Å². The van der Waals surface area contributed by atoms with Gasteiger partial charge in [-0.3, -0.25) is 9.59 Å². The van der Waals surface area contributed by atoms with E-state index in [9.17, 15) is 9.59 Å². The molecular formula is C17H26N4O2S. The first-order valence-corrected chi connectivity index (χ1v) is 9.60. The highest BCUT2D eigenvalue weighted by Gasteiger charge is 2.28. The van der Waals surface area contributed by atoms with Gasteiger partial charge in [0, 0.05) is 19.6 Å². The van der Waals surface area contributed by atoms with Crippen LogP contribution < -0.4 is 10.6 Å². The lowest BCUT2D eigenvalue weighted by Crippen LogP contribution is -2.46. The maximum Gasteiger partial charge on any atom is 0.265 e. The van der Waals surface area contributed by atoms with Gasteiger partial charge in [-0.25, -0.2) is 4.98 Å². The molecule has 1 aromatic heterocycles. The highest BCUT2D eigenvalue weighted by Crippen LogP contribution is 2.23. The van der Waals surface area contributed by atoms with Crippen LogP contribution in [0.1, 0.15) is 46.1 Å². The molecule has 0 aromatic carbocycles. The van der Waals surface area contributed by atoms with Gasteiger partial charge in [0.05, 0.1) is 16.7 Å². The molecular weight excluding hydrogens is 324 g/mol. The average Bonchev–Trinajstić information content (AvgIpc) is 3.22. The van der Waals surface area contributed by atoms with E-state index in [0.717, 1.165) is 54.4 Å². The summed E-state index contributed by atoms with van der Waals surface area (Å²) in [4.78, 5) is 31.9. The molecule has 2 fully saturated rings. The van der Waals surface area contributed by atoms with Crippen LogP contribution >= 0.6 is 11.3 Å². The Morgan fingerprint density at radius 2 is 2.17 bits per heavy atom. The predicted molar refractivity (Wildman–Crippen MR) is 94.2 cm³/mol. The van der Waals surface area contributed by atoms with E-state index in [1.54, 1.807) is 0 Å². The summed E-state index contributed by atoms with van der Waals surface area (Å²) in [6, 6.07) is -0.0332. The van der Waals surface area contributed by atoms with Gasteiger partial charge in [-0.1, -0.05) is 0 Å². The number of piperidine rings is 1. The predicted octanol–water partition coefficient (Wildman–Crippen LogP) is 1.48. The highest BCUT2D eigenvalue weighted by atomic mass is 32.1. The van der Waals surface area contributed by atoms with Crippen molar-refractivity contribution in [3.8, 4) is 0 Å². The van der Waals surface area contributed by atoms with Crippen molar-refractivity contribution in [1.29, 1.82) is 0 Å². The quantitative estimate of drug-likeness (QED) is 0.863. The zero-order valence-corrected chi connectivity index (χ0v) is 15.2. The minimum Gasteiger partial charge on any atom is -0.354 e. The zero-order chi connectivity index (χ0) is 17.1. The monoisotopic (exact) mass is 350 g/mol. The van der Waals surface area contributed by atoms with Crippen LogP contribution in [0, 0.1) is 19.8 Å². The zero-order valence-electron chi connectivity index (χ0n) is 14.4. The van der Waals surface area contributed by atoms with E-state index in [4.69, 9.17) is 0 Å². The van der Waals surface area contributed by atoms with E-state index < -0.39 is 0 Å². The molecule has 2 aliphatic rings. The Labute approximate surface area is 147 Å². The summed E-state index contributed by atoms with van der Waals surface area (Å²) >= 11 is 1.47. The van der Waals surface area contributed by atoms with Crippen LogP contribution in [0.25, 0.3) is 0 Å². The molecule has 132 valence electrons. The van der Waals surface area contributed by atoms with Gasteiger partial charge in [-0.05, 0) is 52.0 Å². The third-order valence-corrected chi connectivity index (χ3v) is 5.91. The number of aryl methyl sites for hydroxylation is 2. The number of hydrogen-bond donors (Lipinski definition) is 2. The Morgan fingerprint density at radius 3 is 2.83 bits per heavy atom. The number of aromatic nitrogens is 1. The van der Waals surface area contributed by atoms with Gasteiger partial charge >= 0.3 is 0 Å². The lowest BCUT2D eigenvalue weighted by Gasteiger charge is -2.33. The van der Waals surface area contributed by atoms with Crippen molar-refractivity contribution >= 4 is 23.2 Å². The van der Waals surface area contributed by atoms with Crippen LogP contribution in [0.15, 0.2) is 0 Å². The second kappa shape index (κ2) is 7.61. The molecule has 0 aliphatic carbocycles. The van der Waals surface area contributed by atoms with Gasteiger partial charge in [0.15, 0.2) is 0 Å². The fourth-order valence-electron chi connectivity index (χ4n) is 3.57.